The lowest BCUT2D eigenvalue weighted by Crippen LogP contribution is -1.99. The summed E-state index contributed by atoms with van der Waals surface area (Å²) in [6.07, 6.45) is 0.971. The second-order valence-electron chi connectivity index (χ2n) is 4.34. The van der Waals surface area contributed by atoms with Gasteiger partial charge >= 0.3 is 0 Å². The first kappa shape index (κ1) is 16.7. The minimum absolute atomic E-state index is 0.0968. The summed E-state index contributed by atoms with van der Waals surface area (Å²) in [5.41, 5.74) is -0.339. The van der Waals surface area contributed by atoms with Crippen LogP contribution in [0.1, 0.15) is 0 Å². The van der Waals surface area contributed by atoms with Gasteiger partial charge in [-0.25, -0.2) is 12.8 Å². The smallest absolute Gasteiger partial charge is 0.258 e. The predicted octanol–water partition coefficient (Wildman–Crippen LogP) is 3.94. The second kappa shape index (κ2) is 6.23. The third-order valence-electron chi connectivity index (χ3n) is 2.67. The average molecular weight is 362 g/mol. The molecule has 0 aliphatic heterocycles. The molecule has 5 nitrogen and oxygen atoms in total. The molecule has 0 unspecified atom stereocenters. The van der Waals surface area contributed by atoms with Crippen LogP contribution in [0.4, 0.5) is 10.1 Å². The molecule has 0 amide bonds. The van der Waals surface area contributed by atoms with Crippen LogP contribution in [0, 0.1) is 15.9 Å². The van der Waals surface area contributed by atoms with E-state index in [-0.39, 0.29) is 20.5 Å². The molecule has 0 heterocycles. The van der Waals surface area contributed by atoms with E-state index in [0.29, 0.717) is 4.90 Å². The van der Waals surface area contributed by atoms with E-state index in [1.165, 1.54) is 24.3 Å². The summed E-state index contributed by atoms with van der Waals surface area (Å²) in [5.74, 6) is -0.590. The van der Waals surface area contributed by atoms with Gasteiger partial charge in [0.25, 0.3) is 5.69 Å². The summed E-state index contributed by atoms with van der Waals surface area (Å²) in [6, 6.07) is 7.56. The van der Waals surface area contributed by atoms with Crippen LogP contribution in [-0.4, -0.2) is 19.6 Å². The Morgan fingerprint density at radius 3 is 2.45 bits per heavy atom. The molecule has 2 aromatic rings. The molecule has 0 saturated carbocycles. The number of hydrogen-bond donors (Lipinski definition) is 0. The van der Waals surface area contributed by atoms with E-state index in [2.05, 4.69) is 0 Å². The largest absolute Gasteiger partial charge is 0.284 e. The van der Waals surface area contributed by atoms with E-state index in [4.69, 9.17) is 11.6 Å². The monoisotopic (exact) mass is 361 g/mol. The van der Waals surface area contributed by atoms with Gasteiger partial charge in [-0.2, -0.15) is 0 Å². The van der Waals surface area contributed by atoms with Crippen molar-refractivity contribution < 1.29 is 17.7 Å². The van der Waals surface area contributed by atoms with E-state index >= 15 is 0 Å². The van der Waals surface area contributed by atoms with E-state index in [0.717, 1.165) is 30.2 Å². The van der Waals surface area contributed by atoms with E-state index in [1.54, 1.807) is 0 Å². The van der Waals surface area contributed by atoms with Gasteiger partial charge in [0, 0.05) is 17.2 Å². The molecule has 0 aromatic heterocycles. The number of hydrogen-bond acceptors (Lipinski definition) is 5. The predicted molar refractivity (Wildman–Crippen MR) is 81.7 cm³/mol. The van der Waals surface area contributed by atoms with Gasteiger partial charge in [-0.15, -0.1) is 0 Å². The maximum atomic E-state index is 13.1. The topological polar surface area (TPSA) is 77.3 Å². The van der Waals surface area contributed by atoms with Crippen LogP contribution in [0.5, 0.6) is 0 Å². The van der Waals surface area contributed by atoms with Crippen molar-refractivity contribution in [2.24, 2.45) is 0 Å². The van der Waals surface area contributed by atoms with Crippen molar-refractivity contribution >= 4 is 38.9 Å². The van der Waals surface area contributed by atoms with Gasteiger partial charge in [-0.3, -0.25) is 10.1 Å². The lowest BCUT2D eigenvalue weighted by Gasteiger charge is -2.06. The van der Waals surface area contributed by atoms with Gasteiger partial charge in [0.2, 0.25) is 0 Å². The highest BCUT2D eigenvalue weighted by Crippen LogP contribution is 2.37. The zero-order valence-corrected chi connectivity index (χ0v) is 13.5. The van der Waals surface area contributed by atoms with Gasteiger partial charge in [0.1, 0.15) is 5.82 Å². The fraction of sp³-hybridized carbons (Fsp3) is 0.0769. The van der Waals surface area contributed by atoms with Gasteiger partial charge < -0.3 is 0 Å². The average Bonchev–Trinajstić information content (AvgIpc) is 2.42. The molecule has 0 atom stereocenters. The van der Waals surface area contributed by atoms with Crippen LogP contribution in [0.2, 0.25) is 5.02 Å². The van der Waals surface area contributed by atoms with Crippen molar-refractivity contribution in [1.82, 2.24) is 0 Å². The third-order valence-corrected chi connectivity index (χ3v) is 5.13. The number of rotatable bonds is 4. The Hall–Kier alpha value is -1.64. The number of nitrogens with zero attached hydrogens (tertiary/aromatic N) is 1. The highest BCUT2D eigenvalue weighted by molar-refractivity contribution is 7.99. The molecule has 0 spiro atoms. The molecule has 0 saturated heterocycles. The minimum atomic E-state index is -3.55. The highest BCUT2D eigenvalue weighted by Gasteiger charge is 2.19. The van der Waals surface area contributed by atoms with E-state index in [9.17, 15) is 22.9 Å². The molecule has 2 aromatic carbocycles. The molecule has 116 valence electrons. The third kappa shape index (κ3) is 3.76. The molecule has 0 bridgehead atoms. The van der Waals surface area contributed by atoms with Crippen molar-refractivity contribution in [3.63, 3.8) is 0 Å². The van der Waals surface area contributed by atoms with Crippen LogP contribution in [0.15, 0.2) is 51.1 Å². The number of nitro groups is 1. The number of nitro benzene ring substituents is 1. The molecule has 9 heteroatoms. The van der Waals surface area contributed by atoms with Gasteiger partial charge in [-0.05, 0) is 30.3 Å². The first-order valence-electron chi connectivity index (χ1n) is 5.80. The Labute approximate surface area is 135 Å². The molecule has 2 rings (SSSR count). The molecule has 0 aliphatic carbocycles. The molecule has 0 N–H and O–H groups in total. The zero-order chi connectivity index (χ0) is 16.5. The Bertz CT molecular complexity index is 855. The van der Waals surface area contributed by atoms with Crippen LogP contribution in [0.3, 0.4) is 0 Å². The molecule has 0 fully saturated rings. The summed E-state index contributed by atoms with van der Waals surface area (Å²) in [6.45, 7) is 0. The van der Waals surface area contributed by atoms with Crippen molar-refractivity contribution in [2.45, 2.75) is 14.7 Å². The molecule has 22 heavy (non-hydrogen) atoms. The number of halogens is 2. The SMILES string of the molecule is CS(=O)(=O)c1ccc(Sc2ccc(F)c(Cl)c2)c([N+](=O)[O-])c1. The minimum Gasteiger partial charge on any atom is -0.258 e. The molecular weight excluding hydrogens is 353 g/mol. The van der Waals surface area contributed by atoms with Gasteiger partial charge in [-0.1, -0.05) is 23.4 Å². The van der Waals surface area contributed by atoms with E-state index in [1.807, 2.05) is 0 Å². The van der Waals surface area contributed by atoms with Crippen LogP contribution in [-0.2, 0) is 9.84 Å². The van der Waals surface area contributed by atoms with Crippen molar-refractivity contribution in [2.75, 3.05) is 6.26 Å². The van der Waals surface area contributed by atoms with Crippen molar-refractivity contribution in [1.29, 1.82) is 0 Å². The Morgan fingerprint density at radius 1 is 1.23 bits per heavy atom. The first-order chi connectivity index (χ1) is 10.2. The molecule has 0 radical (unpaired) electrons. The summed E-state index contributed by atoms with van der Waals surface area (Å²) >= 11 is 6.66. The maximum absolute atomic E-state index is 13.1. The van der Waals surface area contributed by atoms with Crippen LogP contribution < -0.4 is 0 Å². The standard InChI is InChI=1S/C13H9ClFNO4S2/c1-22(19,20)9-3-5-13(12(7-9)16(17)18)21-8-2-4-11(15)10(14)6-8/h2-7H,1H3. The summed E-state index contributed by atoms with van der Waals surface area (Å²) in [4.78, 5) is 11.1. The Balaban J connectivity index is 2.46. The quantitative estimate of drug-likeness (QED) is 0.608. The summed E-state index contributed by atoms with van der Waals surface area (Å²) in [5, 5.41) is 11.0. The Kier molecular flexibility index (Phi) is 4.74. The summed E-state index contributed by atoms with van der Waals surface area (Å²) in [7, 11) is -3.55. The van der Waals surface area contributed by atoms with Crippen LogP contribution >= 0.6 is 23.4 Å². The van der Waals surface area contributed by atoms with Crippen LogP contribution in [0.25, 0.3) is 0 Å². The normalized spacial score (nSPS) is 11.4. The van der Waals surface area contributed by atoms with Crippen molar-refractivity contribution in [3.8, 4) is 0 Å². The van der Waals surface area contributed by atoms with Crippen molar-refractivity contribution in [3.05, 3.63) is 57.4 Å². The lowest BCUT2D eigenvalue weighted by molar-refractivity contribution is -0.388. The fourth-order valence-electron chi connectivity index (χ4n) is 1.62. The van der Waals surface area contributed by atoms with Gasteiger partial charge in [0.05, 0.1) is 19.7 Å². The maximum Gasteiger partial charge on any atom is 0.284 e. The molecule has 0 aliphatic rings. The number of sulfone groups is 1. The van der Waals surface area contributed by atoms with E-state index < -0.39 is 20.6 Å². The molecular formula is C13H9ClFNO4S2. The number of benzene rings is 2. The zero-order valence-electron chi connectivity index (χ0n) is 11.1. The second-order valence-corrected chi connectivity index (χ2v) is 7.88. The first-order valence-corrected chi connectivity index (χ1v) is 8.88. The highest BCUT2D eigenvalue weighted by atomic mass is 35.5. The Morgan fingerprint density at radius 2 is 1.91 bits per heavy atom. The fourth-order valence-corrected chi connectivity index (χ4v) is 3.45. The van der Waals surface area contributed by atoms with Gasteiger partial charge in [0.15, 0.2) is 9.84 Å². The summed E-state index contributed by atoms with van der Waals surface area (Å²) < 4.78 is 36.1. The lowest BCUT2D eigenvalue weighted by atomic mass is 10.3.